The molecule has 8 heteroatoms. The SMILES string of the molecule is C=CCOC(C[n+]1ccn(CC(=O)c2ccc(F)cc2)c1)c1ccc(Cl)cc1Cl.[Cl-]. The minimum Gasteiger partial charge on any atom is -1.00 e. The molecule has 2 aromatic carbocycles. The van der Waals surface area contributed by atoms with Gasteiger partial charge in [-0.3, -0.25) is 4.79 Å². The summed E-state index contributed by atoms with van der Waals surface area (Å²) in [6, 6.07) is 10.8. The Hall–Kier alpha value is -2.18. The van der Waals surface area contributed by atoms with Crippen LogP contribution in [0.2, 0.25) is 10.0 Å². The second-order valence-electron chi connectivity index (χ2n) is 6.49. The van der Waals surface area contributed by atoms with Crippen LogP contribution < -0.4 is 17.0 Å². The molecule has 0 aliphatic rings. The zero-order valence-corrected chi connectivity index (χ0v) is 18.2. The molecule has 1 heterocycles. The fraction of sp³-hybridized carbons (Fsp3) is 0.182. The zero-order valence-electron chi connectivity index (χ0n) is 16.0. The predicted octanol–water partition coefficient (Wildman–Crippen LogP) is 2.05. The van der Waals surface area contributed by atoms with Gasteiger partial charge >= 0.3 is 0 Å². The lowest BCUT2D eigenvalue weighted by Gasteiger charge is -2.17. The van der Waals surface area contributed by atoms with Crippen LogP contribution in [0.3, 0.4) is 0 Å². The lowest BCUT2D eigenvalue weighted by Crippen LogP contribution is -3.00. The average molecular weight is 470 g/mol. The lowest BCUT2D eigenvalue weighted by atomic mass is 10.1. The summed E-state index contributed by atoms with van der Waals surface area (Å²) in [4.78, 5) is 12.4. The van der Waals surface area contributed by atoms with Crippen LogP contribution in [0, 0.1) is 5.82 Å². The average Bonchev–Trinajstić information content (AvgIpc) is 3.12. The first-order valence-electron chi connectivity index (χ1n) is 8.97. The number of Topliss-reactive ketones (excluding diaryl/α,β-unsaturated/α-hetero) is 1. The molecule has 1 aromatic heterocycles. The number of carbonyl (C=O) groups is 1. The van der Waals surface area contributed by atoms with E-state index in [0.717, 1.165) is 5.56 Å². The van der Waals surface area contributed by atoms with Gasteiger partial charge in [-0.25, -0.2) is 13.5 Å². The van der Waals surface area contributed by atoms with Gasteiger partial charge in [0.2, 0.25) is 12.1 Å². The number of halogens is 4. The van der Waals surface area contributed by atoms with E-state index in [1.807, 2.05) is 23.2 Å². The number of benzene rings is 2. The first-order valence-corrected chi connectivity index (χ1v) is 9.73. The maximum absolute atomic E-state index is 13.0. The molecule has 158 valence electrons. The Morgan fingerprint density at radius 1 is 1.23 bits per heavy atom. The molecule has 4 nitrogen and oxygen atoms in total. The van der Waals surface area contributed by atoms with Crippen molar-refractivity contribution < 1.29 is 30.9 Å². The molecule has 0 spiro atoms. The van der Waals surface area contributed by atoms with Crippen LogP contribution in [0.4, 0.5) is 4.39 Å². The van der Waals surface area contributed by atoms with Gasteiger partial charge in [-0.15, -0.1) is 6.58 Å². The van der Waals surface area contributed by atoms with Crippen molar-refractivity contribution in [1.29, 1.82) is 0 Å². The highest BCUT2D eigenvalue weighted by Crippen LogP contribution is 2.28. The highest BCUT2D eigenvalue weighted by molar-refractivity contribution is 6.35. The van der Waals surface area contributed by atoms with Crippen molar-refractivity contribution in [1.82, 2.24) is 4.57 Å². The number of ether oxygens (including phenoxy) is 1. The summed E-state index contributed by atoms with van der Waals surface area (Å²) >= 11 is 12.3. The Labute approximate surface area is 190 Å². The van der Waals surface area contributed by atoms with Gasteiger partial charge < -0.3 is 17.1 Å². The number of carbonyl (C=O) groups excluding carboxylic acids is 1. The third-order valence-electron chi connectivity index (χ3n) is 4.34. The monoisotopic (exact) mass is 468 g/mol. The molecule has 0 saturated carbocycles. The molecule has 1 atom stereocenters. The summed E-state index contributed by atoms with van der Waals surface area (Å²) in [6.45, 7) is 4.70. The summed E-state index contributed by atoms with van der Waals surface area (Å²) in [7, 11) is 0. The minimum absolute atomic E-state index is 0. The second kappa shape index (κ2) is 11.3. The highest BCUT2D eigenvalue weighted by atomic mass is 35.5. The maximum Gasteiger partial charge on any atom is 0.244 e. The van der Waals surface area contributed by atoms with E-state index in [1.165, 1.54) is 24.3 Å². The highest BCUT2D eigenvalue weighted by Gasteiger charge is 2.20. The molecule has 0 aliphatic carbocycles. The van der Waals surface area contributed by atoms with Crippen LogP contribution in [0.5, 0.6) is 0 Å². The van der Waals surface area contributed by atoms with Gasteiger partial charge in [-0.2, -0.15) is 0 Å². The number of aromatic nitrogens is 2. The smallest absolute Gasteiger partial charge is 0.244 e. The predicted molar refractivity (Wildman–Crippen MR) is 111 cm³/mol. The normalized spacial score (nSPS) is 11.6. The van der Waals surface area contributed by atoms with E-state index < -0.39 is 0 Å². The summed E-state index contributed by atoms with van der Waals surface area (Å²) < 4.78 is 22.6. The Morgan fingerprint density at radius 2 is 1.97 bits per heavy atom. The van der Waals surface area contributed by atoms with Crippen LogP contribution in [-0.4, -0.2) is 17.0 Å². The fourth-order valence-electron chi connectivity index (χ4n) is 2.91. The third kappa shape index (κ3) is 6.41. The van der Waals surface area contributed by atoms with E-state index in [-0.39, 0.29) is 36.7 Å². The van der Waals surface area contributed by atoms with Crippen molar-refractivity contribution in [3.63, 3.8) is 0 Å². The summed E-state index contributed by atoms with van der Waals surface area (Å²) in [5.74, 6) is -0.472. The maximum atomic E-state index is 13.0. The zero-order chi connectivity index (χ0) is 20.8. The number of nitrogens with zero attached hydrogens (tertiary/aromatic N) is 2. The fourth-order valence-corrected chi connectivity index (χ4v) is 3.44. The van der Waals surface area contributed by atoms with Crippen molar-refractivity contribution in [3.8, 4) is 0 Å². The van der Waals surface area contributed by atoms with E-state index in [9.17, 15) is 9.18 Å². The van der Waals surface area contributed by atoms with Gasteiger partial charge in [0.15, 0.2) is 6.54 Å². The molecule has 0 saturated heterocycles. The molecular weight excluding hydrogens is 450 g/mol. The Kier molecular flexibility index (Phi) is 9.06. The van der Waals surface area contributed by atoms with Gasteiger partial charge in [0.1, 0.15) is 30.9 Å². The molecule has 30 heavy (non-hydrogen) atoms. The van der Waals surface area contributed by atoms with Gasteiger partial charge in [0.25, 0.3) is 0 Å². The third-order valence-corrected chi connectivity index (χ3v) is 4.90. The molecule has 0 bridgehead atoms. The van der Waals surface area contributed by atoms with E-state index in [0.29, 0.717) is 28.8 Å². The number of hydrogen-bond donors (Lipinski definition) is 0. The second-order valence-corrected chi connectivity index (χ2v) is 7.33. The molecule has 1 unspecified atom stereocenters. The van der Waals surface area contributed by atoms with Crippen molar-refractivity contribution in [2.24, 2.45) is 0 Å². The van der Waals surface area contributed by atoms with E-state index in [1.54, 1.807) is 29.0 Å². The van der Waals surface area contributed by atoms with Crippen molar-refractivity contribution in [3.05, 3.63) is 101 Å². The molecular formula is C22H20Cl3FN2O2. The first-order chi connectivity index (χ1) is 14.0. The molecule has 0 fully saturated rings. The Bertz CT molecular complexity index is 1010. The van der Waals surface area contributed by atoms with Gasteiger partial charge in [-0.1, -0.05) is 35.3 Å². The van der Waals surface area contributed by atoms with Crippen molar-refractivity contribution in [2.75, 3.05) is 6.61 Å². The minimum atomic E-state index is -0.369. The van der Waals surface area contributed by atoms with Crippen LogP contribution >= 0.6 is 23.2 Å². The summed E-state index contributed by atoms with van der Waals surface area (Å²) in [5.41, 5.74) is 1.28. The van der Waals surface area contributed by atoms with Crippen LogP contribution in [0.15, 0.2) is 73.8 Å². The topological polar surface area (TPSA) is 35.1 Å². The van der Waals surface area contributed by atoms with Crippen LogP contribution in [0.1, 0.15) is 22.0 Å². The molecule has 3 aromatic rings. The summed E-state index contributed by atoms with van der Waals surface area (Å²) in [5, 5.41) is 1.08. The number of imidazole rings is 1. The van der Waals surface area contributed by atoms with Gasteiger partial charge in [0, 0.05) is 21.2 Å². The molecule has 0 radical (unpaired) electrons. The number of ketones is 1. The lowest BCUT2D eigenvalue weighted by molar-refractivity contribution is -0.704. The van der Waals surface area contributed by atoms with E-state index in [2.05, 4.69) is 6.58 Å². The number of hydrogen-bond acceptors (Lipinski definition) is 2. The Morgan fingerprint density at radius 3 is 2.63 bits per heavy atom. The van der Waals surface area contributed by atoms with E-state index >= 15 is 0 Å². The van der Waals surface area contributed by atoms with E-state index in [4.69, 9.17) is 27.9 Å². The quantitative estimate of drug-likeness (QED) is 0.273. The molecule has 0 amide bonds. The largest absolute Gasteiger partial charge is 1.00 e. The Balaban J connectivity index is 0.00000320. The standard InChI is InChI=1S/C22H20Cl2FN2O2.ClH/c1-2-11-29-22(19-8-5-17(23)12-20(19)24)14-27-10-9-26(15-27)13-21(28)16-3-6-18(25)7-4-16;/h2-10,12,15,22H,1,11,13-14H2;1H/q+1;/p-1. The van der Waals surface area contributed by atoms with Crippen molar-refractivity contribution in [2.45, 2.75) is 19.2 Å². The van der Waals surface area contributed by atoms with Crippen LogP contribution in [0.25, 0.3) is 0 Å². The molecule has 0 aliphatic heterocycles. The first kappa shape index (κ1) is 24.1. The molecule has 0 N–H and O–H groups in total. The van der Waals surface area contributed by atoms with Gasteiger partial charge in [0.05, 0.1) is 6.61 Å². The molecule has 3 rings (SSSR count). The summed E-state index contributed by atoms with van der Waals surface area (Å²) in [6.07, 6.45) is 6.83. The van der Waals surface area contributed by atoms with Crippen molar-refractivity contribution >= 4 is 29.0 Å². The van der Waals surface area contributed by atoms with Gasteiger partial charge in [-0.05, 0) is 36.4 Å². The number of rotatable bonds is 9. The van der Waals surface area contributed by atoms with Crippen LogP contribution in [-0.2, 0) is 17.8 Å².